The molecule has 17 heavy (non-hydrogen) atoms. The Hall–Kier alpha value is -1.75. The fourth-order valence-electron chi connectivity index (χ4n) is 2.02. The molecule has 5 heteroatoms. The molecule has 0 amide bonds. The van der Waals surface area contributed by atoms with E-state index in [1.54, 1.807) is 13.2 Å². The molecule has 0 fully saturated rings. The van der Waals surface area contributed by atoms with Gasteiger partial charge in [-0.1, -0.05) is 0 Å². The zero-order chi connectivity index (χ0) is 12.4. The fourth-order valence-corrected chi connectivity index (χ4v) is 2.02. The first-order valence-corrected chi connectivity index (χ1v) is 5.52. The Labute approximate surface area is 99.7 Å². The number of ether oxygens (including phenoxy) is 3. The molecule has 0 saturated heterocycles. The van der Waals surface area contributed by atoms with Crippen LogP contribution in [0.3, 0.4) is 0 Å². The molecule has 0 bridgehead atoms. The van der Waals surface area contributed by atoms with E-state index < -0.39 is 0 Å². The van der Waals surface area contributed by atoms with Crippen molar-refractivity contribution in [2.45, 2.75) is 13.2 Å². The SMILES string of the molecule is CC[NH2+][C@@H]1OC(=O)c2c1ccc(OC)c2OC. The first kappa shape index (κ1) is 11.7. The molecule has 0 aromatic heterocycles. The Morgan fingerprint density at radius 2 is 2.12 bits per heavy atom. The predicted octanol–water partition coefficient (Wildman–Crippen LogP) is 0.456. The maximum Gasteiger partial charge on any atom is 0.347 e. The number of cyclic esters (lactones) is 1. The van der Waals surface area contributed by atoms with Gasteiger partial charge in [0.1, 0.15) is 5.56 Å². The molecule has 2 N–H and O–H groups in total. The molecule has 0 aliphatic carbocycles. The number of nitrogens with two attached hydrogens (primary N) is 1. The van der Waals surface area contributed by atoms with Crippen molar-refractivity contribution in [3.8, 4) is 11.5 Å². The number of carbonyl (C=O) groups is 1. The summed E-state index contributed by atoms with van der Waals surface area (Å²) in [6.45, 7) is 2.85. The van der Waals surface area contributed by atoms with Crippen molar-refractivity contribution in [2.24, 2.45) is 0 Å². The summed E-state index contributed by atoms with van der Waals surface area (Å²) in [4.78, 5) is 11.8. The quantitative estimate of drug-likeness (QED) is 0.774. The summed E-state index contributed by atoms with van der Waals surface area (Å²) in [5.41, 5.74) is 1.32. The molecule has 1 aromatic carbocycles. The summed E-state index contributed by atoms with van der Waals surface area (Å²) in [5, 5.41) is 1.95. The van der Waals surface area contributed by atoms with Crippen LogP contribution >= 0.6 is 0 Å². The lowest BCUT2D eigenvalue weighted by Crippen LogP contribution is -2.84. The molecular formula is C12H16NO4+. The highest BCUT2D eigenvalue weighted by molar-refractivity contribution is 5.97. The van der Waals surface area contributed by atoms with Crippen LogP contribution in [0.1, 0.15) is 29.1 Å². The molecule has 0 saturated carbocycles. The van der Waals surface area contributed by atoms with Gasteiger partial charge in [-0.05, 0) is 19.1 Å². The predicted molar refractivity (Wildman–Crippen MR) is 60.2 cm³/mol. The highest BCUT2D eigenvalue weighted by atomic mass is 16.6. The lowest BCUT2D eigenvalue weighted by atomic mass is 10.1. The van der Waals surface area contributed by atoms with E-state index in [0.717, 1.165) is 12.1 Å². The molecular weight excluding hydrogens is 222 g/mol. The Morgan fingerprint density at radius 1 is 1.35 bits per heavy atom. The number of esters is 1. The van der Waals surface area contributed by atoms with Gasteiger partial charge in [-0.3, -0.25) is 0 Å². The van der Waals surface area contributed by atoms with Crippen LogP contribution in [0.2, 0.25) is 0 Å². The number of benzene rings is 1. The first-order chi connectivity index (χ1) is 8.22. The van der Waals surface area contributed by atoms with Crippen molar-refractivity contribution < 1.29 is 24.3 Å². The van der Waals surface area contributed by atoms with Gasteiger partial charge in [-0.15, -0.1) is 0 Å². The van der Waals surface area contributed by atoms with Gasteiger partial charge >= 0.3 is 5.97 Å². The van der Waals surface area contributed by atoms with Crippen LogP contribution in [-0.2, 0) is 4.74 Å². The summed E-state index contributed by atoms with van der Waals surface area (Å²) >= 11 is 0. The topological polar surface area (TPSA) is 61.4 Å². The largest absolute Gasteiger partial charge is 0.493 e. The minimum absolute atomic E-state index is 0.276. The number of rotatable bonds is 4. The van der Waals surface area contributed by atoms with Crippen LogP contribution in [0.5, 0.6) is 11.5 Å². The van der Waals surface area contributed by atoms with Crippen molar-refractivity contribution in [2.75, 3.05) is 20.8 Å². The molecule has 2 rings (SSSR count). The molecule has 1 aliphatic rings. The van der Waals surface area contributed by atoms with Gasteiger partial charge in [-0.25, -0.2) is 4.79 Å². The maximum atomic E-state index is 11.8. The Balaban J connectivity index is 2.51. The smallest absolute Gasteiger partial charge is 0.347 e. The van der Waals surface area contributed by atoms with E-state index in [4.69, 9.17) is 14.2 Å². The van der Waals surface area contributed by atoms with E-state index in [0.29, 0.717) is 17.1 Å². The van der Waals surface area contributed by atoms with E-state index in [1.165, 1.54) is 7.11 Å². The van der Waals surface area contributed by atoms with Gasteiger partial charge in [0.25, 0.3) is 6.23 Å². The zero-order valence-electron chi connectivity index (χ0n) is 10.1. The molecule has 0 spiro atoms. The normalized spacial score (nSPS) is 17.6. The first-order valence-electron chi connectivity index (χ1n) is 5.52. The molecule has 1 aromatic rings. The summed E-state index contributed by atoms with van der Waals surface area (Å²) < 4.78 is 15.7. The van der Waals surface area contributed by atoms with Crippen LogP contribution in [0, 0.1) is 0 Å². The third kappa shape index (κ3) is 1.82. The Kier molecular flexibility index (Phi) is 3.19. The molecule has 1 heterocycles. The number of carbonyl (C=O) groups excluding carboxylic acids is 1. The van der Waals surface area contributed by atoms with E-state index in [2.05, 4.69) is 0 Å². The number of hydrogen-bond donors (Lipinski definition) is 1. The second-order valence-electron chi connectivity index (χ2n) is 3.74. The van der Waals surface area contributed by atoms with Crippen LogP contribution in [0.25, 0.3) is 0 Å². The van der Waals surface area contributed by atoms with Crippen LogP contribution in [0.15, 0.2) is 12.1 Å². The summed E-state index contributed by atoms with van der Waals surface area (Å²) in [6.07, 6.45) is -0.276. The van der Waals surface area contributed by atoms with Gasteiger partial charge in [-0.2, -0.15) is 0 Å². The van der Waals surface area contributed by atoms with Crippen LogP contribution < -0.4 is 14.8 Å². The lowest BCUT2D eigenvalue weighted by Gasteiger charge is -2.10. The Morgan fingerprint density at radius 3 is 2.71 bits per heavy atom. The zero-order valence-corrected chi connectivity index (χ0v) is 10.1. The molecule has 0 radical (unpaired) electrons. The van der Waals surface area contributed by atoms with Crippen molar-refractivity contribution >= 4 is 5.97 Å². The van der Waals surface area contributed by atoms with E-state index in [-0.39, 0.29) is 12.2 Å². The maximum absolute atomic E-state index is 11.8. The minimum Gasteiger partial charge on any atom is -0.493 e. The van der Waals surface area contributed by atoms with Gasteiger partial charge in [0.05, 0.1) is 26.3 Å². The number of fused-ring (bicyclic) bond motifs is 1. The fraction of sp³-hybridized carbons (Fsp3) is 0.417. The highest BCUT2D eigenvalue weighted by Gasteiger charge is 2.37. The van der Waals surface area contributed by atoms with Gasteiger partial charge < -0.3 is 19.5 Å². The highest BCUT2D eigenvalue weighted by Crippen LogP contribution is 2.39. The number of quaternary nitrogens is 1. The van der Waals surface area contributed by atoms with Gasteiger partial charge in [0, 0.05) is 0 Å². The lowest BCUT2D eigenvalue weighted by molar-refractivity contribution is -0.725. The second-order valence-corrected chi connectivity index (χ2v) is 3.74. The van der Waals surface area contributed by atoms with Crippen LogP contribution in [0.4, 0.5) is 0 Å². The van der Waals surface area contributed by atoms with Crippen molar-refractivity contribution in [1.82, 2.24) is 0 Å². The summed E-state index contributed by atoms with van der Waals surface area (Å²) in [7, 11) is 3.06. The summed E-state index contributed by atoms with van der Waals surface area (Å²) in [5.74, 6) is 0.632. The average molecular weight is 238 g/mol. The third-order valence-electron chi connectivity index (χ3n) is 2.77. The molecule has 0 unspecified atom stereocenters. The standard InChI is InChI=1S/C12H15NO4/c1-4-13-11-7-5-6-8(15-2)10(16-3)9(7)12(14)17-11/h5-6,11,13H,4H2,1-3H3/p+1/t11-/m1/s1. The van der Waals surface area contributed by atoms with Gasteiger partial charge in [0.15, 0.2) is 11.5 Å². The van der Waals surface area contributed by atoms with Crippen molar-refractivity contribution in [1.29, 1.82) is 0 Å². The monoisotopic (exact) mass is 238 g/mol. The Bertz CT molecular complexity index is 444. The van der Waals surface area contributed by atoms with Crippen molar-refractivity contribution in [3.05, 3.63) is 23.3 Å². The van der Waals surface area contributed by atoms with E-state index >= 15 is 0 Å². The third-order valence-corrected chi connectivity index (χ3v) is 2.77. The minimum atomic E-state index is -0.356. The number of hydrogen-bond acceptors (Lipinski definition) is 4. The number of methoxy groups -OCH3 is 2. The molecule has 1 aliphatic heterocycles. The average Bonchev–Trinajstić information content (AvgIpc) is 2.66. The van der Waals surface area contributed by atoms with Crippen molar-refractivity contribution in [3.63, 3.8) is 0 Å². The van der Waals surface area contributed by atoms with Gasteiger partial charge in [0.2, 0.25) is 0 Å². The summed E-state index contributed by atoms with van der Waals surface area (Å²) in [6, 6.07) is 3.63. The molecule has 92 valence electrons. The second kappa shape index (κ2) is 4.63. The van der Waals surface area contributed by atoms with Crippen LogP contribution in [-0.4, -0.2) is 26.7 Å². The van der Waals surface area contributed by atoms with E-state index in [9.17, 15) is 4.79 Å². The molecule has 5 nitrogen and oxygen atoms in total. The molecule has 1 atom stereocenters. The van der Waals surface area contributed by atoms with E-state index in [1.807, 2.05) is 18.3 Å².